The van der Waals surface area contributed by atoms with Crippen LogP contribution in [0.4, 0.5) is 0 Å². The summed E-state index contributed by atoms with van der Waals surface area (Å²) >= 11 is 0. The van der Waals surface area contributed by atoms with E-state index < -0.39 is 0 Å². The molecule has 4 nitrogen and oxygen atoms in total. The van der Waals surface area contributed by atoms with Crippen molar-refractivity contribution in [3.63, 3.8) is 0 Å². The molecule has 0 radical (unpaired) electrons. The zero-order valence-electron chi connectivity index (χ0n) is 2.92. The Kier molecular flexibility index (Phi) is 3.01. The molecule has 0 saturated heterocycles. The number of nitrogens with zero attached hydrogens (tertiary/aromatic N) is 3. The van der Waals surface area contributed by atoms with Crippen molar-refractivity contribution in [2.45, 2.75) is 0 Å². The Morgan fingerprint density at radius 1 is 1.50 bits per heavy atom. The van der Waals surface area contributed by atoms with Gasteiger partial charge in [-0.15, -0.1) is 10.2 Å². The Labute approximate surface area is 51.3 Å². The molecule has 0 unspecified atom stereocenters. The smallest absolute Gasteiger partial charge is 0.177 e. The van der Waals surface area contributed by atoms with Crippen LogP contribution in [0.3, 0.4) is 0 Å². The van der Waals surface area contributed by atoms with Gasteiger partial charge in [0.1, 0.15) is 0 Å². The normalized spacial score (nSPS) is 6.67. The first kappa shape index (κ1) is 5.87. The van der Waals surface area contributed by atoms with Crippen LogP contribution >= 0.6 is 0 Å². The van der Waals surface area contributed by atoms with Gasteiger partial charge in [0.15, 0.2) is 6.33 Å². The summed E-state index contributed by atoms with van der Waals surface area (Å²) in [5.41, 5.74) is 0. The molecule has 0 aliphatic carbocycles. The van der Waals surface area contributed by atoms with Crippen LogP contribution in [0.15, 0.2) is 6.33 Å². The number of hydrogen-bond acceptors (Lipinski definition) is 3. The Balaban J connectivity index is 0.000000250. The van der Waals surface area contributed by atoms with Gasteiger partial charge in [0.05, 0.1) is 0 Å². The van der Waals surface area contributed by atoms with E-state index in [-0.39, 0.29) is 23.9 Å². The van der Waals surface area contributed by atoms with Gasteiger partial charge in [0.2, 0.25) is 0 Å². The van der Waals surface area contributed by atoms with Crippen molar-refractivity contribution in [2.75, 3.05) is 0 Å². The minimum Gasteiger partial charge on any atom is -0.177 e. The van der Waals surface area contributed by atoms with Crippen molar-refractivity contribution in [3.8, 4) is 0 Å². The third-order valence-electron chi connectivity index (χ3n) is 0.270. The first-order chi connectivity index (χ1) is 2.50. The number of tetrazole rings is 1. The molecule has 1 N–H and O–H groups in total. The number of H-pyrrole nitrogens is 1. The first-order valence-corrected chi connectivity index (χ1v) is 1.16. The van der Waals surface area contributed by atoms with Crippen molar-refractivity contribution in [2.24, 2.45) is 0 Å². The van der Waals surface area contributed by atoms with Gasteiger partial charge in [-0.05, 0) is 0 Å². The SMILES string of the molecule is [Sn+4].c1nn[nH]n1. The number of aromatic amines is 1. The maximum atomic E-state index is 3.38. The maximum Gasteiger partial charge on any atom is 4.00 e. The van der Waals surface area contributed by atoms with Crippen LogP contribution in [0, 0.1) is 0 Å². The minimum absolute atomic E-state index is 0. The predicted octanol–water partition coefficient (Wildman–Crippen LogP) is -1.18. The largest absolute Gasteiger partial charge is 4.00 e. The molecule has 0 bridgehead atoms. The van der Waals surface area contributed by atoms with Gasteiger partial charge in [-0.25, -0.2) is 0 Å². The molecular formula is CH2N4Sn+4. The molecule has 0 atom stereocenters. The second kappa shape index (κ2) is 3.07. The zero-order chi connectivity index (χ0) is 3.54. The monoisotopic (exact) mass is 190 g/mol. The van der Waals surface area contributed by atoms with E-state index in [0.29, 0.717) is 0 Å². The molecule has 5 heteroatoms. The Bertz CT molecular complexity index is 64.0. The molecule has 0 aliphatic rings. The Morgan fingerprint density at radius 2 is 2.33 bits per heavy atom. The topological polar surface area (TPSA) is 54.5 Å². The second-order valence-electron chi connectivity index (χ2n) is 0.560. The van der Waals surface area contributed by atoms with E-state index in [9.17, 15) is 0 Å². The average molecular weight is 189 g/mol. The minimum atomic E-state index is 0. The van der Waals surface area contributed by atoms with E-state index in [4.69, 9.17) is 0 Å². The van der Waals surface area contributed by atoms with Gasteiger partial charge >= 0.3 is 23.9 Å². The molecule has 0 spiro atoms. The molecule has 0 aliphatic heterocycles. The molecule has 0 saturated carbocycles. The molecule has 1 aromatic heterocycles. The summed E-state index contributed by atoms with van der Waals surface area (Å²) in [6.07, 6.45) is 1.33. The van der Waals surface area contributed by atoms with E-state index in [2.05, 4.69) is 20.6 Å². The van der Waals surface area contributed by atoms with Crippen LogP contribution in [0.5, 0.6) is 0 Å². The summed E-state index contributed by atoms with van der Waals surface area (Å²) in [6, 6.07) is 0. The maximum absolute atomic E-state index is 3.38. The molecule has 26 valence electrons. The third-order valence-corrected chi connectivity index (χ3v) is 0.270. The molecule has 1 aromatic rings. The van der Waals surface area contributed by atoms with Crippen molar-refractivity contribution in [3.05, 3.63) is 6.33 Å². The molecule has 0 fully saturated rings. The quantitative estimate of drug-likeness (QED) is 0.522. The Morgan fingerprint density at radius 3 is 2.50 bits per heavy atom. The number of rotatable bonds is 0. The fourth-order valence-corrected chi connectivity index (χ4v) is 0.129. The van der Waals surface area contributed by atoms with Gasteiger partial charge in [0.25, 0.3) is 0 Å². The summed E-state index contributed by atoms with van der Waals surface area (Å²) in [6.45, 7) is 0. The summed E-state index contributed by atoms with van der Waals surface area (Å²) in [5, 5.41) is 12.2. The Hall–Kier alpha value is -0.131. The van der Waals surface area contributed by atoms with E-state index >= 15 is 0 Å². The van der Waals surface area contributed by atoms with Gasteiger partial charge in [0, 0.05) is 0 Å². The standard InChI is InChI=1S/CH2N4.Sn/c1-2-4-5-3-1;/h1H,(H,2,3,4,5);/q;+4. The first-order valence-electron chi connectivity index (χ1n) is 1.16. The predicted molar refractivity (Wildman–Crippen MR) is 19.9 cm³/mol. The van der Waals surface area contributed by atoms with E-state index in [1.807, 2.05) is 0 Å². The van der Waals surface area contributed by atoms with E-state index in [1.54, 1.807) is 0 Å². The van der Waals surface area contributed by atoms with Crippen molar-refractivity contribution >= 4 is 23.9 Å². The van der Waals surface area contributed by atoms with Crippen molar-refractivity contribution in [1.29, 1.82) is 0 Å². The number of hydrogen-bond donors (Lipinski definition) is 1. The van der Waals surface area contributed by atoms with Crippen LogP contribution in [0.25, 0.3) is 0 Å². The molecule has 1 rings (SSSR count). The van der Waals surface area contributed by atoms with Crippen LogP contribution in [-0.2, 0) is 0 Å². The van der Waals surface area contributed by atoms with Crippen LogP contribution in [0.2, 0.25) is 0 Å². The van der Waals surface area contributed by atoms with Crippen LogP contribution < -0.4 is 0 Å². The van der Waals surface area contributed by atoms with Gasteiger partial charge < -0.3 is 0 Å². The average Bonchev–Trinajstić information content (AvgIpc) is 1.76. The van der Waals surface area contributed by atoms with Crippen molar-refractivity contribution < 1.29 is 0 Å². The van der Waals surface area contributed by atoms with Gasteiger partial charge in [-0.2, -0.15) is 5.21 Å². The molecular weight excluding hydrogens is 187 g/mol. The van der Waals surface area contributed by atoms with E-state index in [1.165, 1.54) is 6.33 Å². The van der Waals surface area contributed by atoms with Crippen molar-refractivity contribution in [1.82, 2.24) is 20.6 Å². The zero-order valence-corrected chi connectivity index (χ0v) is 5.77. The van der Waals surface area contributed by atoms with Gasteiger partial charge in [-0.1, -0.05) is 5.21 Å². The molecule has 0 amide bonds. The third kappa shape index (κ3) is 1.34. The molecule has 6 heavy (non-hydrogen) atoms. The van der Waals surface area contributed by atoms with Crippen LogP contribution in [-0.4, -0.2) is 44.5 Å². The fraction of sp³-hybridized carbons (Fsp3) is 0. The molecule has 1 heterocycles. The number of aromatic nitrogens is 4. The number of nitrogens with one attached hydrogen (secondary N) is 1. The summed E-state index contributed by atoms with van der Waals surface area (Å²) in [4.78, 5) is 0. The van der Waals surface area contributed by atoms with Gasteiger partial charge in [-0.3, -0.25) is 0 Å². The molecule has 0 aromatic carbocycles. The summed E-state index contributed by atoms with van der Waals surface area (Å²) in [5.74, 6) is 0. The van der Waals surface area contributed by atoms with Crippen LogP contribution in [0.1, 0.15) is 0 Å². The summed E-state index contributed by atoms with van der Waals surface area (Å²) in [7, 11) is 0. The second-order valence-corrected chi connectivity index (χ2v) is 0.560. The van der Waals surface area contributed by atoms with E-state index in [0.717, 1.165) is 0 Å². The fourth-order valence-electron chi connectivity index (χ4n) is 0.129. The summed E-state index contributed by atoms with van der Waals surface area (Å²) < 4.78 is 0.